The van der Waals surface area contributed by atoms with Crippen molar-refractivity contribution in [1.82, 2.24) is 5.32 Å². The number of hydrogen-bond donors (Lipinski definition) is 2. The van der Waals surface area contributed by atoms with Gasteiger partial charge in [-0.1, -0.05) is 19.1 Å². The summed E-state index contributed by atoms with van der Waals surface area (Å²) in [7, 11) is 0. The highest BCUT2D eigenvalue weighted by molar-refractivity contribution is 9.10. The lowest BCUT2D eigenvalue weighted by Gasteiger charge is -2.16. The first-order valence-corrected chi connectivity index (χ1v) is 6.68. The Morgan fingerprint density at radius 1 is 1.61 bits per heavy atom. The van der Waals surface area contributed by atoms with Crippen LogP contribution in [-0.2, 0) is 0 Å². The summed E-state index contributed by atoms with van der Waals surface area (Å²) in [5, 5.41) is 2.77. The molecule has 0 aliphatic carbocycles. The van der Waals surface area contributed by atoms with E-state index in [2.05, 4.69) is 21.2 Å². The molecule has 1 aromatic rings. The Bertz CT molecular complexity index is 467. The number of nitrogens with two attached hydrogens (primary N) is 1. The van der Waals surface area contributed by atoms with Gasteiger partial charge in [0.2, 0.25) is 0 Å². The second kappa shape index (κ2) is 6.80. The Morgan fingerprint density at radius 2 is 2.28 bits per heavy atom. The Hall–Kier alpha value is -1.01. The standard InChI is InChI=1S/C12H14BrFN2OS/c1-2-8(6-11(15)18)16-12(17)7-3-4-9(13)10(14)5-7/h3-5,8H,2,6H2,1H3,(H2,15,18)(H,16,17). The first-order chi connectivity index (χ1) is 8.43. The zero-order valence-corrected chi connectivity index (χ0v) is 12.3. The fourth-order valence-electron chi connectivity index (χ4n) is 1.45. The van der Waals surface area contributed by atoms with Crippen LogP contribution in [0.4, 0.5) is 4.39 Å². The van der Waals surface area contributed by atoms with Crippen LogP contribution in [-0.4, -0.2) is 16.9 Å². The molecule has 1 aromatic carbocycles. The van der Waals surface area contributed by atoms with Gasteiger partial charge in [0.05, 0.1) is 9.46 Å². The molecule has 0 fully saturated rings. The summed E-state index contributed by atoms with van der Waals surface area (Å²) in [6.07, 6.45) is 1.15. The van der Waals surface area contributed by atoms with Crippen LogP contribution < -0.4 is 11.1 Å². The van der Waals surface area contributed by atoms with E-state index < -0.39 is 5.82 Å². The number of carbonyl (C=O) groups excluding carboxylic acids is 1. The summed E-state index contributed by atoms with van der Waals surface area (Å²) >= 11 is 7.84. The van der Waals surface area contributed by atoms with E-state index in [4.69, 9.17) is 18.0 Å². The highest BCUT2D eigenvalue weighted by atomic mass is 79.9. The number of carbonyl (C=O) groups is 1. The lowest BCUT2D eigenvalue weighted by Crippen LogP contribution is -2.37. The van der Waals surface area contributed by atoms with E-state index in [-0.39, 0.29) is 17.5 Å². The van der Waals surface area contributed by atoms with Crippen molar-refractivity contribution in [3.05, 3.63) is 34.1 Å². The van der Waals surface area contributed by atoms with Gasteiger partial charge in [0.1, 0.15) is 5.82 Å². The average Bonchev–Trinajstić information content (AvgIpc) is 2.31. The van der Waals surface area contributed by atoms with Gasteiger partial charge in [0, 0.05) is 18.0 Å². The van der Waals surface area contributed by atoms with E-state index in [1.165, 1.54) is 12.1 Å². The van der Waals surface area contributed by atoms with Gasteiger partial charge in [-0.3, -0.25) is 4.79 Å². The molecule has 0 radical (unpaired) electrons. The van der Waals surface area contributed by atoms with Crippen molar-refractivity contribution in [2.24, 2.45) is 5.73 Å². The first kappa shape index (κ1) is 15.0. The number of hydrogen-bond acceptors (Lipinski definition) is 2. The molecular weight excluding hydrogens is 319 g/mol. The number of thiocarbonyl (C=S) groups is 1. The number of rotatable bonds is 5. The Kier molecular flexibility index (Phi) is 5.68. The lowest BCUT2D eigenvalue weighted by atomic mass is 10.1. The molecule has 1 atom stereocenters. The quantitative estimate of drug-likeness (QED) is 0.815. The minimum Gasteiger partial charge on any atom is -0.393 e. The fourth-order valence-corrected chi connectivity index (χ4v) is 1.89. The van der Waals surface area contributed by atoms with Gasteiger partial charge < -0.3 is 11.1 Å². The molecule has 0 heterocycles. The largest absolute Gasteiger partial charge is 0.393 e. The highest BCUT2D eigenvalue weighted by Gasteiger charge is 2.14. The van der Waals surface area contributed by atoms with Crippen molar-refractivity contribution in [2.75, 3.05) is 0 Å². The molecule has 6 heteroatoms. The molecule has 0 aliphatic rings. The molecule has 0 aromatic heterocycles. The van der Waals surface area contributed by atoms with Crippen molar-refractivity contribution in [2.45, 2.75) is 25.8 Å². The third-order valence-electron chi connectivity index (χ3n) is 2.46. The van der Waals surface area contributed by atoms with Crippen LogP contribution in [0.3, 0.4) is 0 Å². The van der Waals surface area contributed by atoms with Gasteiger partial charge in [-0.2, -0.15) is 0 Å². The summed E-state index contributed by atoms with van der Waals surface area (Å²) in [5.74, 6) is -0.797. The van der Waals surface area contributed by atoms with E-state index in [0.29, 0.717) is 22.3 Å². The molecule has 1 amide bonds. The smallest absolute Gasteiger partial charge is 0.251 e. The molecular formula is C12H14BrFN2OS. The Labute approximate surface area is 119 Å². The fraction of sp³-hybridized carbons (Fsp3) is 0.333. The monoisotopic (exact) mass is 332 g/mol. The second-order valence-corrected chi connectivity index (χ2v) is 5.26. The van der Waals surface area contributed by atoms with Gasteiger partial charge in [-0.15, -0.1) is 0 Å². The molecule has 0 saturated heterocycles. The minimum atomic E-state index is -0.468. The molecule has 0 spiro atoms. The average molecular weight is 333 g/mol. The van der Waals surface area contributed by atoms with E-state index in [0.717, 1.165) is 0 Å². The maximum atomic E-state index is 13.3. The summed E-state index contributed by atoms with van der Waals surface area (Å²) in [4.78, 5) is 12.2. The van der Waals surface area contributed by atoms with Crippen LogP contribution in [0.25, 0.3) is 0 Å². The Morgan fingerprint density at radius 3 is 2.78 bits per heavy atom. The summed E-state index contributed by atoms with van der Waals surface area (Å²) < 4.78 is 13.6. The van der Waals surface area contributed by atoms with Crippen LogP contribution in [0.5, 0.6) is 0 Å². The topological polar surface area (TPSA) is 55.1 Å². The van der Waals surface area contributed by atoms with E-state index in [9.17, 15) is 9.18 Å². The second-order valence-electron chi connectivity index (χ2n) is 3.88. The van der Waals surface area contributed by atoms with Gasteiger partial charge in [-0.25, -0.2) is 4.39 Å². The van der Waals surface area contributed by atoms with Crippen molar-refractivity contribution in [1.29, 1.82) is 0 Å². The predicted octanol–water partition coefficient (Wildman–Crippen LogP) is 2.77. The SMILES string of the molecule is CCC(CC(N)=S)NC(=O)c1ccc(Br)c(F)c1. The molecule has 1 unspecified atom stereocenters. The molecule has 18 heavy (non-hydrogen) atoms. The predicted molar refractivity (Wildman–Crippen MR) is 77.0 cm³/mol. The van der Waals surface area contributed by atoms with E-state index in [1.807, 2.05) is 6.92 Å². The van der Waals surface area contributed by atoms with Gasteiger partial charge in [0.25, 0.3) is 5.91 Å². The van der Waals surface area contributed by atoms with Crippen molar-refractivity contribution >= 4 is 39.0 Å². The number of amides is 1. The first-order valence-electron chi connectivity index (χ1n) is 5.48. The van der Waals surface area contributed by atoms with Gasteiger partial charge in [-0.05, 0) is 40.5 Å². The molecule has 0 aliphatic heterocycles. The molecule has 3 nitrogen and oxygen atoms in total. The van der Waals surface area contributed by atoms with Crippen LogP contribution >= 0.6 is 28.1 Å². The zero-order valence-electron chi connectivity index (χ0n) is 9.87. The third kappa shape index (κ3) is 4.34. The van der Waals surface area contributed by atoms with Crippen molar-refractivity contribution in [3.63, 3.8) is 0 Å². The summed E-state index contributed by atoms with van der Waals surface area (Å²) in [6.45, 7) is 1.92. The normalized spacial score (nSPS) is 11.9. The van der Waals surface area contributed by atoms with E-state index >= 15 is 0 Å². The van der Waals surface area contributed by atoms with Gasteiger partial charge >= 0.3 is 0 Å². The molecule has 98 valence electrons. The lowest BCUT2D eigenvalue weighted by molar-refractivity contribution is 0.0936. The van der Waals surface area contributed by atoms with E-state index in [1.54, 1.807) is 6.07 Å². The highest BCUT2D eigenvalue weighted by Crippen LogP contribution is 2.16. The van der Waals surface area contributed by atoms with Crippen molar-refractivity contribution < 1.29 is 9.18 Å². The summed E-state index contributed by atoms with van der Waals surface area (Å²) in [5.41, 5.74) is 5.72. The van der Waals surface area contributed by atoms with Crippen molar-refractivity contribution in [3.8, 4) is 0 Å². The summed E-state index contributed by atoms with van der Waals surface area (Å²) in [6, 6.07) is 4.11. The van der Waals surface area contributed by atoms with Crippen LogP contribution in [0.1, 0.15) is 30.1 Å². The third-order valence-corrected chi connectivity index (χ3v) is 3.27. The zero-order chi connectivity index (χ0) is 13.7. The minimum absolute atomic E-state index is 0.123. The molecule has 0 bridgehead atoms. The maximum absolute atomic E-state index is 13.3. The molecule has 1 rings (SSSR count). The maximum Gasteiger partial charge on any atom is 0.251 e. The van der Waals surface area contributed by atoms with Crippen LogP contribution in [0.2, 0.25) is 0 Å². The van der Waals surface area contributed by atoms with Crippen LogP contribution in [0, 0.1) is 5.82 Å². The van der Waals surface area contributed by atoms with Crippen LogP contribution in [0.15, 0.2) is 22.7 Å². The molecule has 3 N–H and O–H groups in total. The number of halogens is 2. The Balaban J connectivity index is 2.74. The number of nitrogens with one attached hydrogen (secondary N) is 1. The van der Waals surface area contributed by atoms with Gasteiger partial charge in [0.15, 0.2) is 0 Å². The molecule has 0 saturated carbocycles. The number of benzene rings is 1.